The zero-order valence-corrected chi connectivity index (χ0v) is 20.1. The van der Waals surface area contributed by atoms with Crippen molar-refractivity contribution in [3.8, 4) is 11.5 Å². The molecule has 2 N–H and O–H groups in total. The molecule has 196 valence electrons. The molecule has 34 heavy (non-hydrogen) atoms. The molecule has 1 heterocycles. The van der Waals surface area contributed by atoms with Crippen LogP contribution in [0.15, 0.2) is 23.1 Å². The fourth-order valence-corrected chi connectivity index (χ4v) is 3.20. The van der Waals surface area contributed by atoms with Gasteiger partial charge in [-0.2, -0.15) is 13.2 Å². The molecule has 1 fully saturated rings. The van der Waals surface area contributed by atoms with Gasteiger partial charge >= 0.3 is 12.3 Å². The van der Waals surface area contributed by atoms with E-state index in [0.29, 0.717) is 13.0 Å². The van der Waals surface area contributed by atoms with E-state index in [1.54, 1.807) is 4.90 Å². The molecular formula is C20H29F5N2O6S. The number of rotatable bonds is 6. The fourth-order valence-electron chi connectivity index (χ4n) is 2.52. The number of hydrogen-bond acceptors (Lipinski definition) is 6. The summed E-state index contributed by atoms with van der Waals surface area (Å²) in [5, 5.41) is 4.86. The van der Waals surface area contributed by atoms with E-state index < -0.39 is 46.0 Å². The minimum atomic E-state index is -4.69. The lowest BCUT2D eigenvalue weighted by Crippen LogP contribution is -2.34. The van der Waals surface area contributed by atoms with Gasteiger partial charge in [0.25, 0.3) is 5.92 Å². The highest BCUT2D eigenvalue weighted by Crippen LogP contribution is 2.30. The number of halogens is 5. The third-order valence-corrected chi connectivity index (χ3v) is 4.80. The highest BCUT2D eigenvalue weighted by Gasteiger charge is 2.30. The van der Waals surface area contributed by atoms with Crippen molar-refractivity contribution in [3.63, 3.8) is 0 Å². The number of sulfonamides is 1. The molecule has 1 aromatic rings. The number of alkyl halides is 5. The molecule has 0 aliphatic carbocycles. The Morgan fingerprint density at radius 3 is 2.00 bits per heavy atom. The first-order chi connectivity index (χ1) is 15.3. The molecule has 0 aromatic heterocycles. The predicted octanol–water partition coefficient (Wildman–Crippen LogP) is 4.33. The standard InChI is InChI=1S/C11H12F5NO4S.C9H17NO2/c1-10(12,13)5-20-7-2-3-8(21-6-11(14,15)16)9(4-7)22(17,18)19;1-9(2,3)12-8(11)10-6-4-5-7-10/h2-4H,5-6H2,1H3,(H2,17,18,19);4-7H2,1-3H3. The van der Waals surface area contributed by atoms with Crippen LogP contribution in [-0.4, -0.2) is 63.4 Å². The Morgan fingerprint density at radius 2 is 1.56 bits per heavy atom. The minimum absolute atomic E-state index is 0.167. The van der Waals surface area contributed by atoms with Crippen molar-refractivity contribution in [1.29, 1.82) is 0 Å². The van der Waals surface area contributed by atoms with E-state index in [4.69, 9.17) is 9.88 Å². The number of primary sulfonamides is 1. The Morgan fingerprint density at radius 1 is 1.00 bits per heavy atom. The summed E-state index contributed by atoms with van der Waals surface area (Å²) in [6.45, 7) is 5.18. The molecule has 1 aliphatic heterocycles. The molecule has 0 atom stereocenters. The van der Waals surface area contributed by atoms with Gasteiger partial charge in [0.2, 0.25) is 10.0 Å². The summed E-state index contributed by atoms with van der Waals surface area (Å²) in [6, 6.07) is 2.55. The molecular weight excluding hydrogens is 491 g/mol. The van der Waals surface area contributed by atoms with E-state index in [2.05, 4.69) is 9.47 Å². The fraction of sp³-hybridized carbons (Fsp3) is 0.650. The number of nitrogens with two attached hydrogens (primary N) is 1. The summed E-state index contributed by atoms with van der Waals surface area (Å²) in [4.78, 5) is 12.3. The van der Waals surface area contributed by atoms with Crippen molar-refractivity contribution in [2.24, 2.45) is 5.14 Å². The normalized spacial score (nSPS) is 14.8. The van der Waals surface area contributed by atoms with Gasteiger partial charge in [-0.3, -0.25) is 0 Å². The Kier molecular flexibility index (Phi) is 9.94. The van der Waals surface area contributed by atoms with E-state index >= 15 is 0 Å². The van der Waals surface area contributed by atoms with Crippen LogP contribution in [0.2, 0.25) is 0 Å². The third kappa shape index (κ3) is 12.2. The Hall–Kier alpha value is -2.35. The van der Waals surface area contributed by atoms with Crippen LogP contribution in [-0.2, 0) is 14.8 Å². The number of amides is 1. The van der Waals surface area contributed by atoms with E-state index in [1.165, 1.54) is 0 Å². The summed E-state index contributed by atoms with van der Waals surface area (Å²) in [7, 11) is -4.44. The Labute approximate surface area is 195 Å². The number of nitrogens with zero attached hydrogens (tertiary/aromatic N) is 1. The van der Waals surface area contributed by atoms with Gasteiger partial charge in [-0.15, -0.1) is 0 Å². The van der Waals surface area contributed by atoms with Gasteiger partial charge < -0.3 is 19.1 Å². The largest absolute Gasteiger partial charge is 0.487 e. The zero-order chi connectivity index (χ0) is 26.4. The second-order valence-electron chi connectivity index (χ2n) is 8.59. The Bertz CT molecular complexity index is 921. The van der Waals surface area contributed by atoms with Gasteiger partial charge in [0.15, 0.2) is 13.2 Å². The first kappa shape index (κ1) is 29.7. The predicted molar refractivity (Wildman–Crippen MR) is 113 cm³/mol. The number of ether oxygens (including phenoxy) is 3. The lowest BCUT2D eigenvalue weighted by molar-refractivity contribution is -0.153. The topological polar surface area (TPSA) is 108 Å². The SMILES string of the molecule is CC(C)(C)OC(=O)N1CCCC1.CC(F)(F)COc1ccc(OCC(F)(F)F)c(S(N)(=O)=O)c1. The molecule has 8 nitrogen and oxygen atoms in total. The molecule has 0 saturated carbocycles. The van der Waals surface area contributed by atoms with E-state index in [-0.39, 0.29) is 17.4 Å². The smallest absolute Gasteiger partial charge is 0.422 e. The summed E-state index contributed by atoms with van der Waals surface area (Å²) in [6.07, 6.45) is -2.63. The molecule has 1 saturated heterocycles. The second-order valence-corrected chi connectivity index (χ2v) is 10.1. The molecule has 1 aromatic carbocycles. The van der Waals surface area contributed by atoms with Crippen molar-refractivity contribution < 1.29 is 49.4 Å². The van der Waals surface area contributed by atoms with E-state index in [9.17, 15) is 35.2 Å². The maximum atomic E-state index is 12.7. The zero-order valence-electron chi connectivity index (χ0n) is 19.2. The highest BCUT2D eigenvalue weighted by molar-refractivity contribution is 7.89. The van der Waals surface area contributed by atoms with Crippen molar-refractivity contribution >= 4 is 16.1 Å². The van der Waals surface area contributed by atoms with Crippen LogP contribution >= 0.6 is 0 Å². The maximum Gasteiger partial charge on any atom is 0.422 e. The van der Waals surface area contributed by atoms with Gasteiger partial charge in [0, 0.05) is 26.1 Å². The average molecular weight is 521 g/mol. The molecule has 14 heteroatoms. The van der Waals surface area contributed by atoms with Crippen LogP contribution in [0.25, 0.3) is 0 Å². The van der Waals surface area contributed by atoms with Crippen LogP contribution in [0.5, 0.6) is 11.5 Å². The molecule has 0 bridgehead atoms. The number of hydrogen-bond donors (Lipinski definition) is 1. The van der Waals surface area contributed by atoms with Crippen molar-refractivity contribution in [1.82, 2.24) is 4.90 Å². The highest BCUT2D eigenvalue weighted by atomic mass is 32.2. The summed E-state index contributed by atoms with van der Waals surface area (Å²) < 4.78 is 98.5. The third-order valence-electron chi connectivity index (χ3n) is 3.86. The monoisotopic (exact) mass is 520 g/mol. The lowest BCUT2D eigenvalue weighted by Gasteiger charge is -2.23. The maximum absolute atomic E-state index is 12.7. The van der Waals surface area contributed by atoms with Gasteiger partial charge in [-0.25, -0.2) is 27.1 Å². The number of benzene rings is 1. The van der Waals surface area contributed by atoms with Gasteiger partial charge in [-0.1, -0.05) is 0 Å². The summed E-state index contributed by atoms with van der Waals surface area (Å²) >= 11 is 0. The lowest BCUT2D eigenvalue weighted by atomic mass is 10.2. The first-order valence-electron chi connectivity index (χ1n) is 10.1. The molecule has 0 unspecified atom stereocenters. The van der Waals surface area contributed by atoms with Gasteiger partial charge in [0.1, 0.15) is 22.0 Å². The van der Waals surface area contributed by atoms with Crippen LogP contribution < -0.4 is 14.6 Å². The average Bonchev–Trinajstić information content (AvgIpc) is 3.17. The number of carbonyl (C=O) groups excluding carboxylic acids is 1. The van der Waals surface area contributed by atoms with E-state index in [0.717, 1.165) is 38.1 Å². The first-order valence-corrected chi connectivity index (χ1v) is 11.7. The van der Waals surface area contributed by atoms with Gasteiger partial charge in [0.05, 0.1) is 0 Å². The van der Waals surface area contributed by atoms with Crippen molar-refractivity contribution in [2.75, 3.05) is 26.3 Å². The van der Waals surface area contributed by atoms with Crippen LogP contribution in [0.4, 0.5) is 26.7 Å². The van der Waals surface area contributed by atoms with Crippen molar-refractivity contribution in [2.45, 2.75) is 63.1 Å². The second kappa shape index (κ2) is 11.4. The number of likely N-dealkylation sites (tertiary alicyclic amines) is 1. The van der Waals surface area contributed by atoms with Crippen LogP contribution in [0, 0.1) is 0 Å². The van der Waals surface area contributed by atoms with E-state index in [1.807, 2.05) is 20.8 Å². The summed E-state index contributed by atoms with van der Waals surface area (Å²) in [5.41, 5.74) is -0.361. The van der Waals surface area contributed by atoms with Crippen LogP contribution in [0.1, 0.15) is 40.5 Å². The molecule has 0 spiro atoms. The van der Waals surface area contributed by atoms with Crippen molar-refractivity contribution in [3.05, 3.63) is 18.2 Å². The van der Waals surface area contributed by atoms with Crippen LogP contribution in [0.3, 0.4) is 0 Å². The molecule has 2 rings (SSSR count). The van der Waals surface area contributed by atoms with Gasteiger partial charge in [-0.05, 0) is 45.7 Å². The quantitative estimate of drug-likeness (QED) is 0.560. The minimum Gasteiger partial charge on any atom is -0.487 e. The molecule has 1 amide bonds. The number of carbonyl (C=O) groups is 1. The molecule has 0 radical (unpaired) electrons. The Balaban J connectivity index is 0.000000404. The molecule has 1 aliphatic rings. The summed E-state index contributed by atoms with van der Waals surface area (Å²) in [5.74, 6) is -4.13.